The summed E-state index contributed by atoms with van der Waals surface area (Å²) < 4.78 is 0. The largest absolute Gasteiger partial charge is 0.273 e. The summed E-state index contributed by atoms with van der Waals surface area (Å²) in [6.07, 6.45) is 0.936. The predicted molar refractivity (Wildman–Crippen MR) is 78.2 cm³/mol. The van der Waals surface area contributed by atoms with Gasteiger partial charge in [0.1, 0.15) is 0 Å². The van der Waals surface area contributed by atoms with Crippen molar-refractivity contribution >= 4 is 11.6 Å². The van der Waals surface area contributed by atoms with Gasteiger partial charge in [-0.1, -0.05) is 54.6 Å². The zero-order valence-electron chi connectivity index (χ0n) is 10.9. The molecule has 2 aromatic carbocycles. The molecule has 4 rings (SSSR count). The number of carbonyl (C=O) groups excluding carboxylic acids is 1. The molecule has 1 fully saturated rings. The van der Waals surface area contributed by atoms with Gasteiger partial charge in [0.05, 0.1) is 5.71 Å². The number of hydrazone groups is 1. The number of fused-ring (bicyclic) bond motifs is 1. The molecule has 0 bridgehead atoms. The smallest absolute Gasteiger partial charge is 0.243 e. The summed E-state index contributed by atoms with van der Waals surface area (Å²) in [5, 5.41) is 4.22. The van der Waals surface area contributed by atoms with Gasteiger partial charge in [-0.3, -0.25) is 4.79 Å². The zero-order chi connectivity index (χ0) is 13.5. The number of carbonyl (C=O) groups is 1. The number of amides is 1. The van der Waals surface area contributed by atoms with E-state index in [1.807, 2.05) is 18.2 Å². The average molecular weight is 262 g/mol. The van der Waals surface area contributed by atoms with Crippen LogP contribution in [0.25, 0.3) is 11.1 Å². The Morgan fingerprint density at radius 3 is 2.25 bits per heavy atom. The Labute approximate surface area is 117 Å². The van der Waals surface area contributed by atoms with Gasteiger partial charge in [0, 0.05) is 11.8 Å². The van der Waals surface area contributed by atoms with Gasteiger partial charge >= 0.3 is 0 Å². The quantitative estimate of drug-likeness (QED) is 0.888. The first-order valence-corrected chi connectivity index (χ1v) is 6.86. The second kappa shape index (κ2) is 4.30. The molecule has 0 radical (unpaired) electrons. The van der Waals surface area contributed by atoms with E-state index in [2.05, 4.69) is 46.9 Å². The van der Waals surface area contributed by atoms with Crippen LogP contribution in [0.2, 0.25) is 0 Å². The normalized spacial score (nSPS) is 23.6. The standard InChI is InChI=1S/C17H14N2O/c20-17-15-10-14(15)16(18-19-17)13-8-6-12(7-9-13)11-4-2-1-3-5-11/h1-9,14-15H,10H2,(H,19,20). The van der Waals surface area contributed by atoms with Crippen LogP contribution in [-0.4, -0.2) is 11.6 Å². The minimum atomic E-state index is 0.0691. The predicted octanol–water partition coefficient (Wildman–Crippen LogP) is 2.82. The number of hydrogen-bond acceptors (Lipinski definition) is 2. The number of hydrogen-bond donors (Lipinski definition) is 1. The first-order chi connectivity index (χ1) is 9.83. The first kappa shape index (κ1) is 11.4. The van der Waals surface area contributed by atoms with Gasteiger partial charge in [0.25, 0.3) is 0 Å². The van der Waals surface area contributed by atoms with Crippen molar-refractivity contribution in [2.45, 2.75) is 6.42 Å². The molecule has 2 aliphatic rings. The van der Waals surface area contributed by atoms with Gasteiger partial charge in [-0.05, 0) is 23.1 Å². The minimum Gasteiger partial charge on any atom is -0.273 e. The molecule has 98 valence electrons. The molecule has 2 unspecified atom stereocenters. The molecule has 1 amide bonds. The lowest BCUT2D eigenvalue weighted by molar-refractivity contribution is -0.122. The molecular formula is C17H14N2O. The molecule has 1 heterocycles. The minimum absolute atomic E-state index is 0.0691. The molecule has 0 saturated heterocycles. The third kappa shape index (κ3) is 1.83. The molecule has 1 aliphatic carbocycles. The molecule has 0 aromatic heterocycles. The summed E-state index contributed by atoms with van der Waals surface area (Å²) in [5.41, 5.74) is 7.16. The van der Waals surface area contributed by atoms with Gasteiger partial charge in [-0.15, -0.1) is 0 Å². The van der Waals surface area contributed by atoms with Crippen LogP contribution in [0.1, 0.15) is 12.0 Å². The first-order valence-electron chi connectivity index (χ1n) is 6.86. The number of nitrogens with one attached hydrogen (secondary N) is 1. The summed E-state index contributed by atoms with van der Waals surface area (Å²) in [7, 11) is 0. The molecule has 3 nitrogen and oxygen atoms in total. The Bertz CT molecular complexity index is 689. The van der Waals surface area contributed by atoms with E-state index in [0.29, 0.717) is 5.92 Å². The lowest BCUT2D eigenvalue weighted by Gasteiger charge is -2.12. The lowest BCUT2D eigenvalue weighted by atomic mass is 9.99. The number of rotatable bonds is 2. The maximum absolute atomic E-state index is 11.4. The second-order valence-electron chi connectivity index (χ2n) is 5.37. The summed E-state index contributed by atoms with van der Waals surface area (Å²) in [6, 6.07) is 18.7. The Morgan fingerprint density at radius 2 is 1.50 bits per heavy atom. The fourth-order valence-electron chi connectivity index (χ4n) is 2.81. The molecule has 1 N–H and O–H groups in total. The molecule has 2 atom stereocenters. The van der Waals surface area contributed by atoms with Crippen LogP contribution in [0, 0.1) is 11.8 Å². The van der Waals surface area contributed by atoms with E-state index in [0.717, 1.165) is 17.7 Å². The topological polar surface area (TPSA) is 41.5 Å². The molecule has 2 aromatic rings. The van der Waals surface area contributed by atoms with Gasteiger partial charge in [0.2, 0.25) is 5.91 Å². The highest BCUT2D eigenvalue weighted by Crippen LogP contribution is 2.43. The summed E-state index contributed by atoms with van der Waals surface area (Å²) in [5.74, 6) is 0.544. The molecular weight excluding hydrogens is 248 g/mol. The van der Waals surface area contributed by atoms with E-state index >= 15 is 0 Å². The van der Waals surface area contributed by atoms with Crippen molar-refractivity contribution in [3.8, 4) is 11.1 Å². The maximum Gasteiger partial charge on any atom is 0.243 e. The Kier molecular flexibility index (Phi) is 2.46. The number of benzene rings is 2. The van der Waals surface area contributed by atoms with Gasteiger partial charge < -0.3 is 0 Å². The van der Waals surface area contributed by atoms with E-state index in [1.54, 1.807) is 0 Å². The van der Waals surface area contributed by atoms with Crippen molar-refractivity contribution in [3.63, 3.8) is 0 Å². The van der Waals surface area contributed by atoms with Crippen LogP contribution < -0.4 is 5.43 Å². The SMILES string of the molecule is O=C1NN=C(c2ccc(-c3ccccc3)cc2)C2CC12. The van der Waals surface area contributed by atoms with Crippen molar-refractivity contribution in [2.75, 3.05) is 0 Å². The third-order valence-corrected chi connectivity index (χ3v) is 4.05. The number of nitrogens with zero attached hydrogens (tertiary/aromatic N) is 1. The molecule has 1 saturated carbocycles. The van der Waals surface area contributed by atoms with Crippen molar-refractivity contribution in [1.29, 1.82) is 0 Å². The monoisotopic (exact) mass is 262 g/mol. The van der Waals surface area contributed by atoms with Crippen LogP contribution in [0.5, 0.6) is 0 Å². The Balaban J connectivity index is 1.64. The Morgan fingerprint density at radius 1 is 0.850 bits per heavy atom. The second-order valence-corrected chi connectivity index (χ2v) is 5.37. The lowest BCUT2D eigenvalue weighted by Crippen LogP contribution is -2.28. The fourth-order valence-corrected chi connectivity index (χ4v) is 2.81. The molecule has 0 spiro atoms. The summed E-state index contributed by atoms with van der Waals surface area (Å²) >= 11 is 0. The van der Waals surface area contributed by atoms with Crippen molar-refractivity contribution in [3.05, 3.63) is 60.2 Å². The highest BCUT2D eigenvalue weighted by atomic mass is 16.2. The van der Waals surface area contributed by atoms with Crippen molar-refractivity contribution in [2.24, 2.45) is 16.9 Å². The van der Waals surface area contributed by atoms with E-state index in [-0.39, 0.29) is 11.8 Å². The maximum atomic E-state index is 11.4. The molecule has 3 heteroatoms. The van der Waals surface area contributed by atoms with Gasteiger partial charge in [-0.2, -0.15) is 5.10 Å². The highest BCUT2D eigenvalue weighted by Gasteiger charge is 2.49. The van der Waals surface area contributed by atoms with Gasteiger partial charge in [0.15, 0.2) is 0 Å². The van der Waals surface area contributed by atoms with E-state index < -0.39 is 0 Å². The zero-order valence-corrected chi connectivity index (χ0v) is 10.9. The van der Waals surface area contributed by atoms with Crippen LogP contribution in [-0.2, 0) is 4.79 Å². The average Bonchev–Trinajstić information content (AvgIpc) is 3.30. The third-order valence-electron chi connectivity index (χ3n) is 4.05. The van der Waals surface area contributed by atoms with Crippen LogP contribution in [0.3, 0.4) is 0 Å². The molecule has 1 aliphatic heterocycles. The van der Waals surface area contributed by atoms with Crippen LogP contribution in [0.15, 0.2) is 59.7 Å². The van der Waals surface area contributed by atoms with Crippen LogP contribution >= 0.6 is 0 Å². The highest BCUT2D eigenvalue weighted by molar-refractivity contribution is 6.09. The summed E-state index contributed by atoms with van der Waals surface area (Å²) in [6.45, 7) is 0. The van der Waals surface area contributed by atoms with Gasteiger partial charge in [-0.25, -0.2) is 5.43 Å². The fraction of sp³-hybridized carbons (Fsp3) is 0.176. The van der Waals surface area contributed by atoms with Crippen LogP contribution in [0.4, 0.5) is 0 Å². The molecule has 20 heavy (non-hydrogen) atoms. The van der Waals surface area contributed by atoms with Crippen molar-refractivity contribution in [1.82, 2.24) is 5.43 Å². The van der Waals surface area contributed by atoms with E-state index in [1.165, 1.54) is 11.1 Å². The summed E-state index contributed by atoms with van der Waals surface area (Å²) in [4.78, 5) is 11.4. The van der Waals surface area contributed by atoms with E-state index in [4.69, 9.17) is 0 Å². The Hall–Kier alpha value is -2.42. The van der Waals surface area contributed by atoms with Crippen molar-refractivity contribution < 1.29 is 4.79 Å². The van der Waals surface area contributed by atoms with E-state index in [9.17, 15) is 4.79 Å².